The normalized spacial score (nSPS) is 12.0. The van der Waals surface area contributed by atoms with Crippen LogP contribution in [0.15, 0.2) is 267 Å². The fourth-order valence-corrected chi connectivity index (χ4v) is 12.0. The quantitative estimate of drug-likeness (QED) is 0.129. The van der Waals surface area contributed by atoms with Gasteiger partial charge in [0.15, 0.2) is 17.5 Å². The van der Waals surface area contributed by atoms with E-state index in [1.165, 1.54) is 16.7 Å². The second kappa shape index (κ2) is 22.2. The SMILES string of the molecule is CC(C)(C)c1ccc(N(c2cccc(-c3ccccc3)c2)c2cc(C(C)(C)C)cc(N(c3ccc(C(C)(C)C)cc3)c3ccc(-c4nc(-c5ccc6ccccc6c5)nc(-c5cccc6ccccc56)n4)c4ccccc34)c2-c2ccccc2)cc1. The first-order chi connectivity index (χ1) is 41.5. The van der Waals surface area contributed by atoms with E-state index in [2.05, 4.69) is 339 Å². The van der Waals surface area contributed by atoms with Crippen LogP contribution in [-0.4, -0.2) is 15.0 Å². The highest BCUT2D eigenvalue weighted by molar-refractivity contribution is 6.08. The first-order valence-corrected chi connectivity index (χ1v) is 30.0. The van der Waals surface area contributed by atoms with Crippen LogP contribution in [0.25, 0.3) is 88.7 Å². The first kappa shape index (κ1) is 55.2. The molecular weight excluding hydrogens is 1040 g/mol. The Bertz CT molecular complexity index is 4620. The zero-order valence-electron chi connectivity index (χ0n) is 50.6. The Hall–Kier alpha value is -9.97. The van der Waals surface area contributed by atoms with E-state index in [-0.39, 0.29) is 16.2 Å². The summed E-state index contributed by atoms with van der Waals surface area (Å²) in [5.41, 5.74) is 16.9. The van der Waals surface area contributed by atoms with E-state index >= 15 is 0 Å². The van der Waals surface area contributed by atoms with Crippen molar-refractivity contribution in [2.45, 2.75) is 78.6 Å². The van der Waals surface area contributed by atoms with E-state index in [9.17, 15) is 0 Å². The summed E-state index contributed by atoms with van der Waals surface area (Å²) in [6, 6.07) is 97.1. The summed E-state index contributed by atoms with van der Waals surface area (Å²) in [4.78, 5) is 21.2. The van der Waals surface area contributed by atoms with Crippen molar-refractivity contribution in [1.29, 1.82) is 0 Å². The van der Waals surface area contributed by atoms with Crippen molar-refractivity contribution in [2.24, 2.45) is 0 Å². The molecule has 5 nitrogen and oxygen atoms in total. The van der Waals surface area contributed by atoms with Crippen LogP contribution in [0.3, 0.4) is 0 Å². The minimum atomic E-state index is -0.275. The summed E-state index contributed by atoms with van der Waals surface area (Å²) in [5, 5.41) is 6.57. The van der Waals surface area contributed by atoms with Gasteiger partial charge in [0, 0.05) is 44.7 Å². The van der Waals surface area contributed by atoms with Gasteiger partial charge in [-0.1, -0.05) is 263 Å². The molecule has 5 heteroatoms. The molecule has 0 atom stereocenters. The largest absolute Gasteiger partial charge is 0.310 e. The molecule has 0 aliphatic heterocycles. The van der Waals surface area contributed by atoms with Crippen molar-refractivity contribution in [1.82, 2.24) is 15.0 Å². The molecule has 0 aliphatic rings. The molecule has 86 heavy (non-hydrogen) atoms. The molecule has 0 spiro atoms. The third kappa shape index (κ3) is 10.8. The Morgan fingerprint density at radius 1 is 0.256 bits per heavy atom. The predicted molar refractivity (Wildman–Crippen MR) is 365 cm³/mol. The summed E-state index contributed by atoms with van der Waals surface area (Å²) in [7, 11) is 0. The fourth-order valence-electron chi connectivity index (χ4n) is 12.0. The summed E-state index contributed by atoms with van der Waals surface area (Å²) < 4.78 is 0. The maximum atomic E-state index is 5.47. The molecule has 0 aliphatic carbocycles. The average molecular weight is 1110 g/mol. The van der Waals surface area contributed by atoms with Crippen molar-refractivity contribution >= 4 is 66.4 Å². The third-order valence-electron chi connectivity index (χ3n) is 16.8. The van der Waals surface area contributed by atoms with Crippen molar-refractivity contribution in [3.63, 3.8) is 0 Å². The molecule has 0 bridgehead atoms. The fraction of sp³-hybridized carbons (Fsp3) is 0.148. The lowest BCUT2D eigenvalue weighted by atomic mass is 9.83. The van der Waals surface area contributed by atoms with Gasteiger partial charge in [-0.2, -0.15) is 0 Å². The van der Waals surface area contributed by atoms with Crippen molar-refractivity contribution in [2.75, 3.05) is 9.80 Å². The van der Waals surface area contributed by atoms with Crippen LogP contribution in [0.1, 0.15) is 79.0 Å². The molecular formula is C81H71N5. The highest BCUT2D eigenvalue weighted by atomic mass is 15.2. The van der Waals surface area contributed by atoms with Gasteiger partial charge >= 0.3 is 0 Å². The molecule has 12 aromatic carbocycles. The highest BCUT2D eigenvalue weighted by Crippen LogP contribution is 2.53. The Morgan fingerprint density at radius 2 is 0.733 bits per heavy atom. The highest BCUT2D eigenvalue weighted by Gasteiger charge is 2.31. The van der Waals surface area contributed by atoms with E-state index in [0.29, 0.717) is 17.5 Å². The van der Waals surface area contributed by atoms with Crippen LogP contribution < -0.4 is 9.80 Å². The second-order valence-corrected chi connectivity index (χ2v) is 25.8. The van der Waals surface area contributed by atoms with Crippen LogP contribution in [0.4, 0.5) is 34.1 Å². The molecule has 1 aromatic heterocycles. The molecule has 0 saturated carbocycles. The van der Waals surface area contributed by atoms with Crippen molar-refractivity contribution in [3.8, 4) is 56.4 Å². The number of rotatable bonds is 11. The zero-order chi connectivity index (χ0) is 59.3. The van der Waals surface area contributed by atoms with E-state index in [1.807, 2.05) is 0 Å². The number of anilines is 6. The molecule has 0 N–H and O–H groups in total. The van der Waals surface area contributed by atoms with Gasteiger partial charge in [0.05, 0.1) is 17.1 Å². The van der Waals surface area contributed by atoms with Gasteiger partial charge in [-0.25, -0.2) is 15.0 Å². The summed E-state index contributed by atoms with van der Waals surface area (Å²) in [6.45, 7) is 20.7. The van der Waals surface area contributed by atoms with Gasteiger partial charge in [0.25, 0.3) is 0 Å². The van der Waals surface area contributed by atoms with E-state index in [0.717, 1.165) is 105 Å². The van der Waals surface area contributed by atoms with Gasteiger partial charge in [0.1, 0.15) is 0 Å². The van der Waals surface area contributed by atoms with Gasteiger partial charge in [-0.05, 0) is 143 Å². The predicted octanol–water partition coefficient (Wildman–Crippen LogP) is 22.5. The maximum Gasteiger partial charge on any atom is 0.164 e. The number of benzene rings is 12. The van der Waals surface area contributed by atoms with Crippen LogP contribution in [0, 0.1) is 0 Å². The smallest absolute Gasteiger partial charge is 0.164 e. The molecule has 0 radical (unpaired) electrons. The third-order valence-corrected chi connectivity index (χ3v) is 16.8. The Balaban J connectivity index is 1.10. The van der Waals surface area contributed by atoms with E-state index in [4.69, 9.17) is 15.0 Å². The van der Waals surface area contributed by atoms with E-state index < -0.39 is 0 Å². The Morgan fingerprint density at radius 3 is 1.36 bits per heavy atom. The molecule has 1 heterocycles. The lowest BCUT2D eigenvalue weighted by Gasteiger charge is -2.36. The lowest BCUT2D eigenvalue weighted by molar-refractivity contribution is 0.589. The number of nitrogens with zero attached hydrogens (tertiary/aromatic N) is 5. The minimum Gasteiger partial charge on any atom is -0.310 e. The summed E-state index contributed by atoms with van der Waals surface area (Å²) in [6.07, 6.45) is 0. The second-order valence-electron chi connectivity index (χ2n) is 25.8. The van der Waals surface area contributed by atoms with Gasteiger partial charge in [0.2, 0.25) is 0 Å². The first-order valence-electron chi connectivity index (χ1n) is 30.0. The van der Waals surface area contributed by atoms with Crippen LogP contribution in [-0.2, 0) is 16.2 Å². The van der Waals surface area contributed by atoms with Gasteiger partial charge < -0.3 is 9.80 Å². The molecule has 13 aromatic rings. The van der Waals surface area contributed by atoms with Crippen LogP contribution in [0.2, 0.25) is 0 Å². The molecule has 0 amide bonds. The maximum absolute atomic E-state index is 5.47. The van der Waals surface area contributed by atoms with Crippen molar-refractivity contribution < 1.29 is 0 Å². The topological polar surface area (TPSA) is 45.2 Å². The van der Waals surface area contributed by atoms with Gasteiger partial charge in [-0.3, -0.25) is 0 Å². The zero-order valence-corrected chi connectivity index (χ0v) is 50.6. The number of fused-ring (bicyclic) bond motifs is 3. The molecule has 420 valence electrons. The molecule has 0 unspecified atom stereocenters. The number of hydrogen-bond acceptors (Lipinski definition) is 5. The van der Waals surface area contributed by atoms with Crippen LogP contribution in [0.5, 0.6) is 0 Å². The average Bonchev–Trinajstić information content (AvgIpc) is 0.856. The Labute approximate surface area is 507 Å². The molecule has 0 saturated heterocycles. The lowest BCUT2D eigenvalue weighted by Crippen LogP contribution is -2.20. The Kier molecular flexibility index (Phi) is 14.3. The van der Waals surface area contributed by atoms with Crippen LogP contribution >= 0.6 is 0 Å². The number of hydrogen-bond donors (Lipinski definition) is 0. The standard InChI is InChI=1S/C81H71N5/c1-79(2,3)61-40-44-64(45-41-61)85(66-33-22-32-59(51-66)54-24-12-10-13-25-54)73-52-63(81(7,8)9)53-74(75(73)57-28-14-11-15-29-57)86(65-46-42-62(43-47-65)80(4,5)6)72-49-48-71(68-35-20-21-36-69(68)72)78-83-76(60-39-38-55-26-16-17-30-58(55)50-60)82-77(84-78)70-37-23-31-56-27-18-19-34-67(56)70/h10-53H,1-9H3. The van der Waals surface area contributed by atoms with E-state index in [1.54, 1.807) is 0 Å². The molecule has 0 fully saturated rings. The summed E-state index contributed by atoms with van der Waals surface area (Å²) >= 11 is 0. The monoisotopic (exact) mass is 1110 g/mol. The number of aromatic nitrogens is 3. The summed E-state index contributed by atoms with van der Waals surface area (Å²) in [5.74, 6) is 1.83. The van der Waals surface area contributed by atoms with Crippen molar-refractivity contribution in [3.05, 3.63) is 284 Å². The van der Waals surface area contributed by atoms with Gasteiger partial charge in [-0.15, -0.1) is 0 Å². The molecule has 13 rings (SSSR count). The minimum absolute atomic E-state index is 0.0331.